The van der Waals surface area contributed by atoms with Crippen molar-refractivity contribution in [2.75, 3.05) is 0 Å². The predicted octanol–water partition coefficient (Wildman–Crippen LogP) is 3.07. The molecule has 6 nitrogen and oxygen atoms in total. The predicted molar refractivity (Wildman–Crippen MR) is 118 cm³/mol. The second-order valence-corrected chi connectivity index (χ2v) is 9.51. The monoisotopic (exact) mass is 441 g/mol. The van der Waals surface area contributed by atoms with E-state index in [1.165, 1.54) is 17.0 Å². The molecule has 5 aliphatic rings. The van der Waals surface area contributed by atoms with E-state index >= 15 is 0 Å². The average molecular weight is 441 g/mol. The van der Waals surface area contributed by atoms with Gasteiger partial charge in [-0.2, -0.15) is 0 Å². The van der Waals surface area contributed by atoms with E-state index in [4.69, 9.17) is 4.74 Å². The number of aldehydes is 1. The van der Waals surface area contributed by atoms with Crippen LogP contribution >= 0.6 is 0 Å². The van der Waals surface area contributed by atoms with Gasteiger partial charge in [-0.3, -0.25) is 19.3 Å². The van der Waals surface area contributed by atoms with Crippen LogP contribution in [0, 0.1) is 35.5 Å². The van der Waals surface area contributed by atoms with Crippen molar-refractivity contribution in [3.05, 3.63) is 77.9 Å². The Morgan fingerprint density at radius 2 is 1.55 bits per heavy atom. The number of rotatable bonds is 6. The summed E-state index contributed by atoms with van der Waals surface area (Å²) in [6.45, 7) is 0. The molecule has 0 N–H and O–H groups in total. The maximum atomic E-state index is 13.6. The van der Waals surface area contributed by atoms with Gasteiger partial charge in [0.05, 0.1) is 11.8 Å². The standard InChI is InChI=1S/C27H23NO5/c29-14-16-6-8-17(9-7-16)33-27(32)22(12-15-4-2-1-3-5-15)28-25(30)23-18-10-11-19(21-13-20(18)21)24(23)26(28)31/h1-11,14,18-24H,12-13H2/t18-,19-,20-,21-,22-,23+,24+/m1/s1. The highest BCUT2D eigenvalue weighted by Crippen LogP contribution is 2.65. The van der Waals surface area contributed by atoms with E-state index in [1.54, 1.807) is 12.1 Å². The molecular formula is C27H23NO5. The van der Waals surface area contributed by atoms with Gasteiger partial charge in [0, 0.05) is 12.0 Å². The highest BCUT2D eigenvalue weighted by atomic mass is 16.5. The maximum absolute atomic E-state index is 13.6. The number of amides is 2. The minimum atomic E-state index is -1.04. The molecule has 1 saturated heterocycles. The van der Waals surface area contributed by atoms with Gasteiger partial charge in [0.15, 0.2) is 0 Å². The molecule has 7 atom stereocenters. The van der Waals surface area contributed by atoms with Crippen LogP contribution in [0.5, 0.6) is 5.75 Å². The molecule has 2 bridgehead atoms. The summed E-state index contributed by atoms with van der Waals surface area (Å²) in [4.78, 5) is 52.7. The highest BCUT2D eigenvalue weighted by Gasteiger charge is 2.68. The van der Waals surface area contributed by atoms with Crippen LogP contribution in [0.25, 0.3) is 0 Å². The summed E-state index contributed by atoms with van der Waals surface area (Å²) in [5, 5.41) is 0. The molecule has 166 valence electrons. The van der Waals surface area contributed by atoms with Gasteiger partial charge in [0.1, 0.15) is 18.1 Å². The molecule has 6 heteroatoms. The van der Waals surface area contributed by atoms with Gasteiger partial charge >= 0.3 is 5.97 Å². The Labute approximate surface area is 191 Å². The molecule has 1 aliphatic heterocycles. The van der Waals surface area contributed by atoms with E-state index in [1.807, 2.05) is 30.3 Å². The van der Waals surface area contributed by atoms with Crippen LogP contribution in [-0.4, -0.2) is 35.0 Å². The van der Waals surface area contributed by atoms with E-state index in [9.17, 15) is 19.2 Å². The molecule has 2 aromatic carbocycles. The van der Waals surface area contributed by atoms with Gasteiger partial charge in [0.2, 0.25) is 11.8 Å². The molecule has 7 rings (SSSR count). The summed E-state index contributed by atoms with van der Waals surface area (Å²) in [7, 11) is 0. The zero-order chi connectivity index (χ0) is 22.7. The minimum Gasteiger partial charge on any atom is -0.425 e. The number of carbonyl (C=O) groups is 4. The van der Waals surface area contributed by atoms with E-state index in [2.05, 4.69) is 12.2 Å². The maximum Gasteiger partial charge on any atom is 0.335 e. The van der Waals surface area contributed by atoms with E-state index in [0.717, 1.165) is 12.0 Å². The van der Waals surface area contributed by atoms with Crippen LogP contribution in [0.15, 0.2) is 66.7 Å². The third-order valence-electron chi connectivity index (χ3n) is 7.79. The lowest BCUT2D eigenvalue weighted by Crippen LogP contribution is -2.48. The fraction of sp³-hybridized carbons (Fsp3) is 0.333. The number of ether oxygens (including phenoxy) is 1. The molecule has 0 spiro atoms. The number of esters is 1. The molecule has 2 aromatic rings. The van der Waals surface area contributed by atoms with Crippen molar-refractivity contribution >= 4 is 24.1 Å². The first-order valence-electron chi connectivity index (χ1n) is 11.4. The van der Waals surface area contributed by atoms with Gasteiger partial charge in [-0.25, -0.2) is 4.79 Å². The lowest BCUT2D eigenvalue weighted by molar-refractivity contribution is -0.153. The van der Waals surface area contributed by atoms with E-state index < -0.39 is 12.0 Å². The first-order chi connectivity index (χ1) is 16.1. The van der Waals surface area contributed by atoms with Crippen molar-refractivity contribution in [3.63, 3.8) is 0 Å². The molecule has 3 fully saturated rings. The summed E-state index contributed by atoms with van der Waals surface area (Å²) in [6, 6.07) is 14.5. The SMILES string of the molecule is O=Cc1ccc(OC(=O)[C@@H](Cc2ccccc2)N2C(=O)[C@H]3[C@@H]4C=C[C@H]([C@H]5C[C@H]45)[C@@H]3C2=O)cc1. The zero-order valence-corrected chi connectivity index (χ0v) is 17.9. The number of carbonyl (C=O) groups excluding carboxylic acids is 4. The topological polar surface area (TPSA) is 80.8 Å². The number of likely N-dealkylation sites (tertiary alicyclic amines) is 1. The quantitative estimate of drug-likeness (QED) is 0.226. The number of hydrogen-bond donors (Lipinski definition) is 0. The Morgan fingerprint density at radius 1 is 0.939 bits per heavy atom. The summed E-state index contributed by atoms with van der Waals surface area (Å²) < 4.78 is 5.59. The van der Waals surface area contributed by atoms with Crippen molar-refractivity contribution in [3.8, 4) is 5.75 Å². The van der Waals surface area contributed by atoms with E-state index in [0.29, 0.717) is 23.7 Å². The molecule has 33 heavy (non-hydrogen) atoms. The molecule has 0 aromatic heterocycles. The smallest absolute Gasteiger partial charge is 0.335 e. The number of hydrogen-bond acceptors (Lipinski definition) is 5. The number of nitrogens with zero attached hydrogens (tertiary/aromatic N) is 1. The lowest BCUT2D eigenvalue weighted by Gasteiger charge is -2.37. The van der Waals surface area contributed by atoms with Crippen LogP contribution in [0.2, 0.25) is 0 Å². The minimum absolute atomic E-state index is 0.0933. The number of imide groups is 1. The van der Waals surface area contributed by atoms with Crippen molar-refractivity contribution in [1.82, 2.24) is 4.90 Å². The number of benzene rings is 2. The lowest BCUT2D eigenvalue weighted by atomic mass is 9.63. The zero-order valence-electron chi connectivity index (χ0n) is 17.9. The Balaban J connectivity index is 1.32. The molecular weight excluding hydrogens is 418 g/mol. The third-order valence-corrected chi connectivity index (χ3v) is 7.79. The highest BCUT2D eigenvalue weighted by molar-refractivity contribution is 6.09. The van der Waals surface area contributed by atoms with Crippen LogP contribution in [-0.2, 0) is 20.8 Å². The van der Waals surface area contributed by atoms with E-state index in [-0.39, 0.29) is 47.7 Å². The van der Waals surface area contributed by atoms with Crippen molar-refractivity contribution in [2.45, 2.75) is 18.9 Å². The van der Waals surface area contributed by atoms with Crippen LogP contribution in [0.3, 0.4) is 0 Å². The normalized spacial score (nSPS) is 31.7. The Bertz CT molecular complexity index is 1130. The van der Waals surface area contributed by atoms with Crippen molar-refractivity contribution in [2.24, 2.45) is 35.5 Å². The Kier molecular flexibility index (Phi) is 4.57. The largest absolute Gasteiger partial charge is 0.425 e. The van der Waals surface area contributed by atoms with Gasteiger partial charge < -0.3 is 4.74 Å². The molecule has 2 saturated carbocycles. The van der Waals surface area contributed by atoms with Gasteiger partial charge in [0.25, 0.3) is 0 Å². The Hall–Kier alpha value is -3.54. The van der Waals surface area contributed by atoms with Gasteiger partial charge in [-0.15, -0.1) is 0 Å². The van der Waals surface area contributed by atoms with Crippen LogP contribution in [0.1, 0.15) is 22.3 Å². The molecule has 0 unspecified atom stereocenters. The fourth-order valence-electron chi connectivity index (χ4n) is 6.20. The molecule has 2 amide bonds. The summed E-state index contributed by atoms with van der Waals surface area (Å²) in [5.41, 5.74) is 1.31. The summed E-state index contributed by atoms with van der Waals surface area (Å²) >= 11 is 0. The van der Waals surface area contributed by atoms with Gasteiger partial charge in [-0.1, -0.05) is 42.5 Å². The van der Waals surface area contributed by atoms with Crippen molar-refractivity contribution < 1.29 is 23.9 Å². The van der Waals surface area contributed by atoms with Gasteiger partial charge in [-0.05, 0) is 59.9 Å². The summed E-state index contributed by atoms with van der Waals surface area (Å²) in [5.74, 6) is -0.433. The Morgan fingerprint density at radius 3 is 2.12 bits per heavy atom. The first kappa shape index (κ1) is 20.1. The first-order valence-corrected chi connectivity index (χ1v) is 11.4. The fourth-order valence-corrected chi connectivity index (χ4v) is 6.20. The molecule has 1 heterocycles. The van der Waals surface area contributed by atoms with Crippen LogP contribution in [0.4, 0.5) is 0 Å². The molecule has 0 radical (unpaired) electrons. The number of allylic oxidation sites excluding steroid dienone is 2. The second-order valence-electron chi connectivity index (χ2n) is 9.51. The second kappa shape index (κ2) is 7.51. The summed E-state index contributed by atoms with van der Waals surface area (Å²) in [6.07, 6.45) is 6.22. The molecule has 4 aliphatic carbocycles. The van der Waals surface area contributed by atoms with Crippen LogP contribution < -0.4 is 4.74 Å². The average Bonchev–Trinajstić information content (AvgIpc) is 3.62. The van der Waals surface area contributed by atoms with Crippen molar-refractivity contribution in [1.29, 1.82) is 0 Å². The third kappa shape index (κ3) is 3.16.